The van der Waals surface area contributed by atoms with Gasteiger partial charge in [0, 0.05) is 0 Å². The zero-order chi connectivity index (χ0) is 12.6. The molecular formula is C12H24NO3+. The fourth-order valence-electron chi connectivity index (χ4n) is 2.43. The third kappa shape index (κ3) is 1.13. The molecule has 0 aliphatic carbocycles. The van der Waals surface area contributed by atoms with Crippen LogP contribution in [0.25, 0.3) is 0 Å². The van der Waals surface area contributed by atoms with Crippen molar-refractivity contribution in [3.8, 4) is 0 Å². The number of hydroxylamine groups is 3. The van der Waals surface area contributed by atoms with Crippen LogP contribution in [0.5, 0.6) is 0 Å². The lowest BCUT2D eigenvalue weighted by Gasteiger charge is -2.42. The molecule has 0 unspecified atom stereocenters. The zero-order valence-corrected chi connectivity index (χ0v) is 11.7. The Morgan fingerprint density at radius 1 is 0.750 bits per heavy atom. The van der Waals surface area contributed by atoms with Gasteiger partial charge in [-0.15, -0.1) is 14.5 Å². The second-order valence-electron chi connectivity index (χ2n) is 7.00. The number of rotatable bonds is 0. The maximum Gasteiger partial charge on any atom is 0.202 e. The summed E-state index contributed by atoms with van der Waals surface area (Å²) < 4.78 is 0. The van der Waals surface area contributed by atoms with Crippen LogP contribution in [0, 0.1) is 0 Å². The minimum atomic E-state index is -0.451. The Morgan fingerprint density at radius 3 is 1.31 bits per heavy atom. The van der Waals surface area contributed by atoms with E-state index in [-0.39, 0.29) is 21.7 Å². The molecule has 16 heavy (non-hydrogen) atoms. The van der Waals surface area contributed by atoms with Gasteiger partial charge in [0.1, 0.15) is 4.97 Å². The molecular weight excluding hydrogens is 206 g/mol. The van der Waals surface area contributed by atoms with Gasteiger partial charge in [-0.3, -0.25) is 0 Å². The minimum Gasteiger partial charge on any atom is -0.122 e. The van der Waals surface area contributed by atoms with Gasteiger partial charge in [0.2, 0.25) is 5.60 Å². The molecule has 0 spiro atoms. The van der Waals surface area contributed by atoms with E-state index in [0.717, 1.165) is 0 Å². The molecule has 0 radical (unpaired) electrons. The molecule has 0 aromatic rings. The highest BCUT2D eigenvalue weighted by Gasteiger charge is 2.82. The fraction of sp³-hybridized carbons (Fsp3) is 1.00. The van der Waals surface area contributed by atoms with Crippen molar-refractivity contribution >= 4 is 0 Å². The standard InChI is InChI=1S/C12H24NO3/c1-9(2,3)13-14-10(4,5)12(8,16-13)11(6,7)15-13/h1-8H3/q+1. The van der Waals surface area contributed by atoms with Crippen LogP contribution in [0.2, 0.25) is 0 Å². The van der Waals surface area contributed by atoms with E-state index in [2.05, 4.69) is 55.4 Å². The van der Waals surface area contributed by atoms with Crippen LogP contribution in [0.1, 0.15) is 55.4 Å². The summed E-state index contributed by atoms with van der Waals surface area (Å²) in [5.41, 5.74) is -1.47. The van der Waals surface area contributed by atoms with Gasteiger partial charge in [0.05, 0.1) is 0 Å². The van der Waals surface area contributed by atoms with E-state index in [1.54, 1.807) is 0 Å². The Balaban J connectivity index is 2.53. The molecule has 0 amide bonds. The van der Waals surface area contributed by atoms with Crippen molar-refractivity contribution in [2.24, 2.45) is 0 Å². The maximum atomic E-state index is 6.14. The summed E-state index contributed by atoms with van der Waals surface area (Å²) in [6.07, 6.45) is 0. The van der Waals surface area contributed by atoms with Gasteiger partial charge < -0.3 is 0 Å². The lowest BCUT2D eigenvalue weighted by Crippen LogP contribution is -2.64. The lowest BCUT2D eigenvalue weighted by atomic mass is 9.75. The lowest BCUT2D eigenvalue weighted by molar-refractivity contribution is -1.37. The highest BCUT2D eigenvalue weighted by molar-refractivity contribution is 5.06. The van der Waals surface area contributed by atoms with Crippen molar-refractivity contribution in [3.05, 3.63) is 0 Å². The van der Waals surface area contributed by atoms with Crippen molar-refractivity contribution in [3.63, 3.8) is 0 Å². The number of hydrogen-bond donors (Lipinski definition) is 0. The fourth-order valence-corrected chi connectivity index (χ4v) is 2.43. The normalized spacial score (nSPS) is 45.0. The van der Waals surface area contributed by atoms with Crippen LogP contribution in [0.3, 0.4) is 0 Å². The second-order valence-corrected chi connectivity index (χ2v) is 7.00. The Hall–Kier alpha value is -0.160. The van der Waals surface area contributed by atoms with Gasteiger partial charge in [-0.2, -0.15) is 0 Å². The first kappa shape index (κ1) is 12.3. The van der Waals surface area contributed by atoms with Crippen LogP contribution in [0.4, 0.5) is 0 Å². The van der Waals surface area contributed by atoms with Crippen molar-refractivity contribution in [1.82, 2.24) is 0 Å². The second kappa shape index (κ2) is 2.64. The summed E-state index contributed by atoms with van der Waals surface area (Å²) in [4.78, 5) is 18.0. The molecule has 0 aromatic heterocycles. The molecule has 2 aliphatic heterocycles. The summed E-state index contributed by atoms with van der Waals surface area (Å²) in [5, 5.41) is 0. The van der Waals surface area contributed by atoms with Gasteiger partial charge in [-0.05, 0) is 55.4 Å². The molecule has 2 bridgehead atoms. The van der Waals surface area contributed by atoms with Gasteiger partial charge in [0.25, 0.3) is 0 Å². The molecule has 4 heteroatoms. The molecule has 2 saturated heterocycles. The first-order chi connectivity index (χ1) is 6.87. The first-order valence-corrected chi connectivity index (χ1v) is 5.88. The maximum absolute atomic E-state index is 6.14. The first-order valence-electron chi connectivity index (χ1n) is 5.88. The Labute approximate surface area is 97.9 Å². The molecule has 94 valence electrons. The van der Waals surface area contributed by atoms with E-state index < -0.39 is 5.60 Å². The highest BCUT2D eigenvalue weighted by Crippen LogP contribution is 2.59. The molecule has 0 aromatic carbocycles. The van der Waals surface area contributed by atoms with E-state index in [4.69, 9.17) is 14.5 Å². The predicted octanol–water partition coefficient (Wildman–Crippen LogP) is 2.74. The van der Waals surface area contributed by atoms with Crippen LogP contribution in [0.15, 0.2) is 0 Å². The van der Waals surface area contributed by atoms with Crippen molar-refractivity contribution < 1.29 is 19.5 Å². The zero-order valence-electron chi connectivity index (χ0n) is 11.7. The highest BCUT2D eigenvalue weighted by atomic mass is 17.3. The molecule has 2 rings (SSSR count). The molecule has 0 saturated carbocycles. The molecule has 0 atom stereocenters. The van der Waals surface area contributed by atoms with E-state index in [1.807, 2.05) is 0 Å². The van der Waals surface area contributed by atoms with E-state index in [1.165, 1.54) is 0 Å². The summed E-state index contributed by atoms with van der Waals surface area (Å²) in [6.45, 7) is 16.5. The van der Waals surface area contributed by atoms with E-state index in [0.29, 0.717) is 0 Å². The topological polar surface area (TPSA) is 27.7 Å². The van der Waals surface area contributed by atoms with Gasteiger partial charge in [0.15, 0.2) is 16.7 Å². The Bertz CT molecular complexity index is 310. The SMILES string of the molecule is CC1(C)O[N+]2(C(C)(C)C)OC(C)(C)C1(C)O2. The van der Waals surface area contributed by atoms with E-state index in [9.17, 15) is 0 Å². The average molecular weight is 230 g/mol. The van der Waals surface area contributed by atoms with Gasteiger partial charge in [-0.25, -0.2) is 0 Å². The summed E-state index contributed by atoms with van der Waals surface area (Å²) in [7, 11) is 0. The molecule has 0 N–H and O–H groups in total. The van der Waals surface area contributed by atoms with Crippen molar-refractivity contribution in [2.75, 3.05) is 0 Å². The predicted molar refractivity (Wildman–Crippen MR) is 59.8 cm³/mol. The third-order valence-corrected chi connectivity index (χ3v) is 4.12. The largest absolute Gasteiger partial charge is 0.202 e. The molecule has 4 nitrogen and oxygen atoms in total. The average Bonchev–Trinajstić information content (AvgIpc) is 2.28. The van der Waals surface area contributed by atoms with Crippen LogP contribution < -0.4 is 0 Å². The Morgan fingerprint density at radius 2 is 1.12 bits per heavy atom. The number of nitrogens with zero attached hydrogens (tertiary/aromatic N) is 1. The smallest absolute Gasteiger partial charge is 0.122 e. The van der Waals surface area contributed by atoms with Gasteiger partial charge >= 0.3 is 0 Å². The van der Waals surface area contributed by atoms with Crippen LogP contribution in [-0.2, 0) is 14.5 Å². The molecule has 2 aliphatic rings. The summed E-state index contributed by atoms with van der Waals surface area (Å²) >= 11 is 0. The summed E-state index contributed by atoms with van der Waals surface area (Å²) in [6, 6.07) is 0. The third-order valence-electron chi connectivity index (χ3n) is 4.12. The molecule has 2 fully saturated rings. The van der Waals surface area contributed by atoms with E-state index >= 15 is 0 Å². The van der Waals surface area contributed by atoms with Crippen molar-refractivity contribution in [1.29, 1.82) is 0 Å². The van der Waals surface area contributed by atoms with Gasteiger partial charge in [-0.1, -0.05) is 0 Å². The minimum absolute atomic E-state index is 0.177. The van der Waals surface area contributed by atoms with Crippen LogP contribution in [-0.4, -0.2) is 27.3 Å². The molecule has 2 heterocycles. The monoisotopic (exact) mass is 230 g/mol. The number of fused-ring (bicyclic) bond motifs is 2. The Kier molecular flexibility index (Phi) is 2.03. The quantitative estimate of drug-likeness (QED) is 0.599. The summed E-state index contributed by atoms with van der Waals surface area (Å²) in [5.74, 6) is 0. The number of hydrogen-bond acceptors (Lipinski definition) is 3. The van der Waals surface area contributed by atoms with Crippen LogP contribution >= 0.6 is 0 Å². The van der Waals surface area contributed by atoms with Crippen molar-refractivity contribution in [2.45, 2.75) is 77.7 Å². The number of quaternary nitrogens is 1.